The van der Waals surface area contributed by atoms with Crippen LogP contribution in [0.1, 0.15) is 16.7 Å². The summed E-state index contributed by atoms with van der Waals surface area (Å²) in [5, 5.41) is 15.8. The zero-order valence-electron chi connectivity index (χ0n) is 18.3. The van der Waals surface area contributed by atoms with Crippen LogP contribution in [-0.2, 0) is 6.54 Å². The highest BCUT2D eigenvalue weighted by Crippen LogP contribution is 2.33. The lowest BCUT2D eigenvalue weighted by Crippen LogP contribution is -2.12. The highest BCUT2D eigenvalue weighted by Gasteiger charge is 2.13. The van der Waals surface area contributed by atoms with Gasteiger partial charge >= 0.3 is 0 Å². The molecule has 33 heavy (non-hydrogen) atoms. The third-order valence-corrected chi connectivity index (χ3v) is 5.83. The molecule has 0 fully saturated rings. The molecule has 0 saturated heterocycles. The second kappa shape index (κ2) is 10.4. The molecule has 6 nitrogen and oxygen atoms in total. The van der Waals surface area contributed by atoms with Gasteiger partial charge in [0.15, 0.2) is 0 Å². The topological polar surface area (TPSA) is 71.9 Å². The SMILES string of the molecule is COc1ccc(-c2csc(=NCc3ccccc3)n2N=Cc2ccc(C#N)cc2)c(OC)c1. The molecule has 0 amide bonds. The molecule has 0 spiro atoms. The van der Waals surface area contributed by atoms with Crippen LogP contribution in [0.2, 0.25) is 0 Å². The highest BCUT2D eigenvalue weighted by atomic mass is 32.1. The monoisotopic (exact) mass is 454 g/mol. The first kappa shape index (κ1) is 22.1. The smallest absolute Gasteiger partial charge is 0.206 e. The van der Waals surface area contributed by atoms with Crippen LogP contribution in [0.4, 0.5) is 0 Å². The Morgan fingerprint density at radius 1 is 1.00 bits per heavy atom. The average molecular weight is 455 g/mol. The lowest BCUT2D eigenvalue weighted by molar-refractivity contribution is 0.395. The lowest BCUT2D eigenvalue weighted by Gasteiger charge is -2.11. The standard InChI is InChI=1S/C26H22N4O2S/c1-31-22-12-13-23(25(14-22)32-2)24-18-33-26(28-16-20-6-4-3-5-7-20)30(24)29-17-21-10-8-19(15-27)9-11-21/h3-14,17-18H,16H2,1-2H3. The van der Waals surface area contributed by atoms with Crippen molar-refractivity contribution < 1.29 is 9.47 Å². The molecule has 0 aliphatic carbocycles. The number of methoxy groups -OCH3 is 2. The van der Waals surface area contributed by atoms with Crippen molar-refractivity contribution in [3.8, 4) is 28.8 Å². The van der Waals surface area contributed by atoms with Crippen LogP contribution in [0.15, 0.2) is 88.3 Å². The van der Waals surface area contributed by atoms with Crippen LogP contribution in [-0.4, -0.2) is 25.1 Å². The summed E-state index contributed by atoms with van der Waals surface area (Å²) in [6, 6.07) is 25.2. The van der Waals surface area contributed by atoms with Gasteiger partial charge in [0.1, 0.15) is 11.5 Å². The van der Waals surface area contributed by atoms with E-state index >= 15 is 0 Å². The molecule has 0 bridgehead atoms. The molecule has 0 aliphatic heterocycles. The molecular formula is C26H22N4O2S. The van der Waals surface area contributed by atoms with Gasteiger partial charge in [-0.15, -0.1) is 11.3 Å². The van der Waals surface area contributed by atoms with Crippen LogP contribution < -0.4 is 14.3 Å². The van der Waals surface area contributed by atoms with E-state index < -0.39 is 0 Å². The fourth-order valence-electron chi connectivity index (χ4n) is 3.23. The highest BCUT2D eigenvalue weighted by molar-refractivity contribution is 7.07. The first-order chi connectivity index (χ1) is 16.2. The van der Waals surface area contributed by atoms with Gasteiger partial charge in [-0.2, -0.15) is 10.4 Å². The van der Waals surface area contributed by atoms with Crippen molar-refractivity contribution in [3.63, 3.8) is 0 Å². The van der Waals surface area contributed by atoms with E-state index in [0.29, 0.717) is 23.6 Å². The molecule has 0 unspecified atom stereocenters. The molecule has 0 atom stereocenters. The van der Waals surface area contributed by atoms with E-state index in [1.54, 1.807) is 32.6 Å². The molecule has 7 heteroatoms. The fraction of sp³-hybridized carbons (Fsp3) is 0.115. The Balaban J connectivity index is 1.79. The number of hydrogen-bond donors (Lipinski definition) is 0. The van der Waals surface area contributed by atoms with Gasteiger partial charge in [-0.25, -0.2) is 4.68 Å². The van der Waals surface area contributed by atoms with E-state index in [-0.39, 0.29) is 0 Å². The van der Waals surface area contributed by atoms with Gasteiger partial charge in [-0.05, 0) is 35.4 Å². The number of rotatable bonds is 7. The van der Waals surface area contributed by atoms with Crippen molar-refractivity contribution in [1.29, 1.82) is 5.26 Å². The summed E-state index contributed by atoms with van der Waals surface area (Å²) in [6.07, 6.45) is 1.76. The molecule has 1 heterocycles. The first-order valence-electron chi connectivity index (χ1n) is 10.2. The Hall–Kier alpha value is -4.15. The van der Waals surface area contributed by atoms with E-state index in [9.17, 15) is 0 Å². The Kier molecular flexibility index (Phi) is 6.98. The number of aromatic nitrogens is 1. The van der Waals surface area contributed by atoms with Crippen molar-refractivity contribution in [2.45, 2.75) is 6.54 Å². The van der Waals surface area contributed by atoms with Gasteiger partial charge in [0.05, 0.1) is 44.3 Å². The fourth-order valence-corrected chi connectivity index (χ4v) is 4.05. The summed E-state index contributed by atoms with van der Waals surface area (Å²) in [6.45, 7) is 0.549. The summed E-state index contributed by atoms with van der Waals surface area (Å²) in [7, 11) is 3.26. The summed E-state index contributed by atoms with van der Waals surface area (Å²) >= 11 is 1.51. The third kappa shape index (κ3) is 5.20. The minimum atomic E-state index is 0.549. The van der Waals surface area contributed by atoms with Crippen LogP contribution >= 0.6 is 11.3 Å². The zero-order valence-corrected chi connectivity index (χ0v) is 19.1. The van der Waals surface area contributed by atoms with Gasteiger partial charge in [-0.3, -0.25) is 4.99 Å². The predicted octanol–water partition coefficient (Wildman–Crippen LogP) is 5.09. The summed E-state index contributed by atoms with van der Waals surface area (Å²) in [5.74, 6) is 1.40. The number of nitriles is 1. The maximum atomic E-state index is 9.03. The van der Waals surface area contributed by atoms with Gasteiger partial charge in [0.2, 0.25) is 4.80 Å². The number of thiazole rings is 1. The van der Waals surface area contributed by atoms with Crippen molar-refractivity contribution in [2.75, 3.05) is 14.2 Å². The zero-order chi connectivity index (χ0) is 23.0. The van der Waals surface area contributed by atoms with Gasteiger partial charge in [0, 0.05) is 17.0 Å². The maximum Gasteiger partial charge on any atom is 0.206 e. The Morgan fingerprint density at radius 2 is 1.79 bits per heavy atom. The van der Waals surface area contributed by atoms with Crippen molar-refractivity contribution >= 4 is 17.6 Å². The van der Waals surface area contributed by atoms with Crippen LogP contribution in [0.5, 0.6) is 11.5 Å². The Bertz CT molecular complexity index is 1360. The first-order valence-corrected chi connectivity index (χ1v) is 11.1. The number of benzene rings is 3. The Morgan fingerprint density at radius 3 is 2.48 bits per heavy atom. The summed E-state index contributed by atoms with van der Waals surface area (Å²) < 4.78 is 12.8. The number of nitrogens with zero attached hydrogens (tertiary/aromatic N) is 4. The molecule has 0 aliphatic rings. The van der Waals surface area contributed by atoms with Crippen molar-refractivity contribution in [1.82, 2.24) is 4.68 Å². The van der Waals surface area contributed by atoms with Gasteiger partial charge in [-0.1, -0.05) is 42.5 Å². The lowest BCUT2D eigenvalue weighted by atomic mass is 10.1. The van der Waals surface area contributed by atoms with E-state index in [1.807, 2.05) is 58.6 Å². The predicted molar refractivity (Wildman–Crippen MR) is 131 cm³/mol. The summed E-state index contributed by atoms with van der Waals surface area (Å²) in [4.78, 5) is 5.57. The summed E-state index contributed by atoms with van der Waals surface area (Å²) in [5.41, 5.74) is 4.35. The molecule has 3 aromatic carbocycles. The quantitative estimate of drug-likeness (QED) is 0.365. The molecule has 4 aromatic rings. The third-order valence-electron chi connectivity index (χ3n) is 4.97. The van der Waals surface area contributed by atoms with E-state index in [4.69, 9.17) is 24.8 Å². The molecular weight excluding hydrogens is 432 g/mol. The Labute approximate surface area is 196 Å². The normalized spacial score (nSPS) is 11.5. The van der Waals surface area contributed by atoms with E-state index in [2.05, 4.69) is 18.2 Å². The molecule has 0 N–H and O–H groups in total. The number of hydrogen-bond acceptors (Lipinski definition) is 6. The maximum absolute atomic E-state index is 9.03. The van der Waals surface area contributed by atoms with Crippen LogP contribution in [0, 0.1) is 11.3 Å². The van der Waals surface area contributed by atoms with Crippen molar-refractivity contribution in [3.05, 3.63) is 99.7 Å². The molecule has 1 aromatic heterocycles. The van der Waals surface area contributed by atoms with Crippen molar-refractivity contribution in [2.24, 2.45) is 10.1 Å². The minimum Gasteiger partial charge on any atom is -0.497 e. The minimum absolute atomic E-state index is 0.549. The van der Waals surface area contributed by atoms with Crippen LogP contribution in [0.25, 0.3) is 11.3 Å². The van der Waals surface area contributed by atoms with Crippen LogP contribution in [0.3, 0.4) is 0 Å². The number of ether oxygens (including phenoxy) is 2. The molecule has 0 saturated carbocycles. The largest absolute Gasteiger partial charge is 0.497 e. The molecule has 164 valence electrons. The molecule has 4 rings (SSSR count). The molecule has 0 radical (unpaired) electrons. The van der Waals surface area contributed by atoms with Gasteiger partial charge < -0.3 is 9.47 Å². The van der Waals surface area contributed by atoms with E-state index in [0.717, 1.165) is 27.2 Å². The van der Waals surface area contributed by atoms with E-state index in [1.165, 1.54) is 11.3 Å². The average Bonchev–Trinajstić information content (AvgIpc) is 3.29. The van der Waals surface area contributed by atoms with Gasteiger partial charge in [0.25, 0.3) is 0 Å². The second-order valence-corrected chi connectivity index (χ2v) is 7.90. The second-order valence-electron chi connectivity index (χ2n) is 7.06.